The molecule has 0 atom stereocenters. The van der Waals surface area contributed by atoms with E-state index < -0.39 is 0 Å². The monoisotopic (exact) mass is 369 g/mol. The Morgan fingerprint density at radius 2 is 2.12 bits per heavy atom. The van der Waals surface area contributed by atoms with E-state index in [0.29, 0.717) is 34.4 Å². The molecule has 3 aromatic rings. The molecule has 0 saturated heterocycles. The van der Waals surface area contributed by atoms with E-state index in [1.807, 2.05) is 31.3 Å². The quantitative estimate of drug-likeness (QED) is 0.494. The zero-order chi connectivity index (χ0) is 18.1. The lowest BCUT2D eigenvalue weighted by Crippen LogP contribution is -2.31. The van der Waals surface area contributed by atoms with E-state index in [2.05, 4.69) is 4.98 Å². The second-order valence-electron chi connectivity index (χ2n) is 6.41. The number of rotatable bonds is 6. The number of aromatic nitrogens is 2. The zero-order valence-corrected chi connectivity index (χ0v) is 15.2. The van der Waals surface area contributed by atoms with Crippen LogP contribution in [0.1, 0.15) is 18.6 Å². The Kier molecular flexibility index (Phi) is 4.55. The van der Waals surface area contributed by atoms with Crippen molar-refractivity contribution in [3.05, 3.63) is 58.8 Å². The number of benzene rings is 1. The summed E-state index contributed by atoms with van der Waals surface area (Å²) in [5.41, 5.74) is 0.510. The number of amides is 1. The summed E-state index contributed by atoms with van der Waals surface area (Å²) < 4.78 is 6.97. The molecule has 0 unspecified atom stereocenters. The smallest absolute Gasteiger partial charge is 0.262 e. The fourth-order valence-electron chi connectivity index (χ4n) is 2.85. The van der Waals surface area contributed by atoms with Crippen molar-refractivity contribution in [2.75, 3.05) is 12.8 Å². The van der Waals surface area contributed by atoms with E-state index >= 15 is 0 Å². The standard InChI is InChI=1S/C19H19N3O3S/c1-21(13-8-9-13)17(23)12-26-19-20-16-7-3-2-6-15(16)18(24)22(19)11-14-5-4-10-25-14/h2-7,10,13H,8-9,11-12H2,1H3. The van der Waals surface area contributed by atoms with Gasteiger partial charge < -0.3 is 9.32 Å². The number of furan rings is 1. The third-order valence-electron chi connectivity index (χ3n) is 4.53. The molecule has 0 bridgehead atoms. The Bertz CT molecular complexity index is 993. The molecule has 1 aliphatic rings. The van der Waals surface area contributed by atoms with Crippen LogP contribution in [-0.2, 0) is 11.3 Å². The van der Waals surface area contributed by atoms with Crippen LogP contribution in [0.15, 0.2) is 57.0 Å². The summed E-state index contributed by atoms with van der Waals surface area (Å²) in [5.74, 6) is 0.993. The van der Waals surface area contributed by atoms with E-state index in [4.69, 9.17) is 4.42 Å². The highest BCUT2D eigenvalue weighted by Gasteiger charge is 2.29. The van der Waals surface area contributed by atoms with Crippen molar-refractivity contribution >= 4 is 28.6 Å². The van der Waals surface area contributed by atoms with E-state index in [1.165, 1.54) is 11.8 Å². The Balaban J connectivity index is 1.66. The molecule has 1 amide bonds. The van der Waals surface area contributed by atoms with Crippen LogP contribution in [0.25, 0.3) is 10.9 Å². The number of thioether (sulfide) groups is 1. The Morgan fingerprint density at radius 1 is 1.31 bits per heavy atom. The van der Waals surface area contributed by atoms with Crippen LogP contribution in [0.3, 0.4) is 0 Å². The fourth-order valence-corrected chi connectivity index (χ4v) is 3.77. The third-order valence-corrected chi connectivity index (χ3v) is 5.49. The van der Waals surface area contributed by atoms with Gasteiger partial charge in [-0.05, 0) is 37.1 Å². The molecule has 4 rings (SSSR count). The molecule has 6 nitrogen and oxygen atoms in total. The van der Waals surface area contributed by atoms with Crippen molar-refractivity contribution in [3.63, 3.8) is 0 Å². The van der Waals surface area contributed by atoms with Gasteiger partial charge in [0.15, 0.2) is 5.16 Å². The molecule has 2 aromatic heterocycles. The van der Waals surface area contributed by atoms with Crippen molar-refractivity contribution in [2.45, 2.75) is 30.6 Å². The van der Waals surface area contributed by atoms with Crippen molar-refractivity contribution in [3.8, 4) is 0 Å². The summed E-state index contributed by atoms with van der Waals surface area (Å²) >= 11 is 1.30. The van der Waals surface area contributed by atoms with Crippen LogP contribution in [0.4, 0.5) is 0 Å². The average molecular weight is 369 g/mol. The van der Waals surface area contributed by atoms with Gasteiger partial charge in [0.2, 0.25) is 5.91 Å². The van der Waals surface area contributed by atoms with Crippen LogP contribution in [0.5, 0.6) is 0 Å². The Labute approximate surface area is 154 Å². The minimum atomic E-state index is -0.127. The molecular weight excluding hydrogens is 350 g/mol. The van der Waals surface area contributed by atoms with Gasteiger partial charge in [-0.25, -0.2) is 4.98 Å². The van der Waals surface area contributed by atoms with Crippen LogP contribution >= 0.6 is 11.8 Å². The molecule has 1 saturated carbocycles. The van der Waals surface area contributed by atoms with Crippen molar-refractivity contribution in [1.29, 1.82) is 0 Å². The van der Waals surface area contributed by atoms with Gasteiger partial charge in [-0.3, -0.25) is 14.2 Å². The van der Waals surface area contributed by atoms with Crippen LogP contribution in [-0.4, -0.2) is 39.2 Å². The largest absolute Gasteiger partial charge is 0.467 e. The molecule has 1 fully saturated rings. The van der Waals surface area contributed by atoms with E-state index in [1.54, 1.807) is 27.9 Å². The van der Waals surface area contributed by atoms with Gasteiger partial charge in [0.05, 0.1) is 29.5 Å². The first kappa shape index (κ1) is 16.9. The molecule has 0 N–H and O–H groups in total. The van der Waals surface area contributed by atoms with Gasteiger partial charge in [0.1, 0.15) is 5.76 Å². The van der Waals surface area contributed by atoms with Crippen LogP contribution in [0.2, 0.25) is 0 Å². The highest BCUT2D eigenvalue weighted by atomic mass is 32.2. The number of para-hydroxylation sites is 1. The Morgan fingerprint density at radius 3 is 2.85 bits per heavy atom. The minimum absolute atomic E-state index is 0.0597. The van der Waals surface area contributed by atoms with Crippen molar-refractivity contribution < 1.29 is 9.21 Å². The first-order valence-corrected chi connectivity index (χ1v) is 9.52. The number of carbonyl (C=O) groups is 1. The average Bonchev–Trinajstić information content (AvgIpc) is 3.38. The summed E-state index contributed by atoms with van der Waals surface area (Å²) in [6.45, 7) is 0.290. The highest BCUT2D eigenvalue weighted by Crippen LogP contribution is 2.27. The second kappa shape index (κ2) is 6.99. The topological polar surface area (TPSA) is 68.3 Å². The van der Waals surface area contributed by atoms with Gasteiger partial charge in [0, 0.05) is 13.1 Å². The maximum Gasteiger partial charge on any atom is 0.262 e. The SMILES string of the molecule is CN(C(=O)CSc1nc2ccccc2c(=O)n1Cc1ccco1)C1CC1. The molecule has 0 radical (unpaired) electrons. The molecule has 0 aliphatic heterocycles. The lowest BCUT2D eigenvalue weighted by atomic mass is 10.2. The molecule has 1 aliphatic carbocycles. The second-order valence-corrected chi connectivity index (χ2v) is 7.35. The lowest BCUT2D eigenvalue weighted by Gasteiger charge is -2.17. The van der Waals surface area contributed by atoms with E-state index in [-0.39, 0.29) is 17.2 Å². The molecule has 7 heteroatoms. The van der Waals surface area contributed by atoms with Gasteiger partial charge in [0.25, 0.3) is 5.56 Å². The van der Waals surface area contributed by atoms with Crippen LogP contribution in [0, 0.1) is 0 Å². The first-order chi connectivity index (χ1) is 12.6. The maximum absolute atomic E-state index is 12.9. The molecule has 1 aromatic carbocycles. The van der Waals surface area contributed by atoms with Crippen LogP contribution < -0.4 is 5.56 Å². The predicted octanol–water partition coefficient (Wildman–Crippen LogP) is 2.75. The van der Waals surface area contributed by atoms with Crippen molar-refractivity contribution in [1.82, 2.24) is 14.5 Å². The summed E-state index contributed by atoms with van der Waals surface area (Å²) in [6, 6.07) is 11.2. The summed E-state index contributed by atoms with van der Waals surface area (Å²) in [5, 5.41) is 1.09. The van der Waals surface area contributed by atoms with E-state index in [0.717, 1.165) is 12.8 Å². The summed E-state index contributed by atoms with van der Waals surface area (Å²) in [4.78, 5) is 31.7. The molecular formula is C19H19N3O3S. The van der Waals surface area contributed by atoms with Gasteiger partial charge in [-0.15, -0.1) is 0 Å². The van der Waals surface area contributed by atoms with E-state index in [9.17, 15) is 9.59 Å². The summed E-state index contributed by atoms with van der Waals surface area (Å²) in [7, 11) is 1.84. The molecule has 0 spiro atoms. The molecule has 2 heterocycles. The molecule has 134 valence electrons. The minimum Gasteiger partial charge on any atom is -0.467 e. The number of carbonyl (C=O) groups excluding carboxylic acids is 1. The van der Waals surface area contributed by atoms with Gasteiger partial charge in [-0.1, -0.05) is 23.9 Å². The lowest BCUT2D eigenvalue weighted by molar-refractivity contribution is -0.127. The number of nitrogens with zero attached hydrogens (tertiary/aromatic N) is 3. The highest BCUT2D eigenvalue weighted by molar-refractivity contribution is 7.99. The Hall–Kier alpha value is -2.54. The number of hydrogen-bond acceptors (Lipinski definition) is 5. The fraction of sp³-hybridized carbons (Fsp3) is 0.316. The third kappa shape index (κ3) is 3.39. The molecule has 26 heavy (non-hydrogen) atoms. The maximum atomic E-state index is 12.9. The first-order valence-electron chi connectivity index (χ1n) is 8.54. The van der Waals surface area contributed by atoms with Gasteiger partial charge >= 0.3 is 0 Å². The zero-order valence-electron chi connectivity index (χ0n) is 14.4. The van der Waals surface area contributed by atoms with Crippen molar-refractivity contribution in [2.24, 2.45) is 0 Å². The normalized spacial score (nSPS) is 13.9. The van der Waals surface area contributed by atoms with Gasteiger partial charge in [-0.2, -0.15) is 0 Å². The number of fused-ring (bicyclic) bond motifs is 1. The predicted molar refractivity (Wildman–Crippen MR) is 100 cm³/mol. The summed E-state index contributed by atoms with van der Waals surface area (Å²) in [6.07, 6.45) is 3.73. The number of hydrogen-bond donors (Lipinski definition) is 0.